The van der Waals surface area contributed by atoms with E-state index in [4.69, 9.17) is 14.2 Å². The summed E-state index contributed by atoms with van der Waals surface area (Å²) in [6, 6.07) is 0. The van der Waals surface area contributed by atoms with Crippen LogP contribution in [0.2, 0.25) is 0 Å². The Morgan fingerprint density at radius 3 is 0.613 bits per heavy atom. The molecule has 93 heavy (non-hydrogen) atoms. The van der Waals surface area contributed by atoms with Crippen molar-refractivity contribution in [2.45, 2.75) is 332 Å². The molecule has 3 N–H and O–H groups in total. The van der Waals surface area contributed by atoms with Crippen molar-refractivity contribution >= 4 is 35.4 Å². The van der Waals surface area contributed by atoms with Gasteiger partial charge >= 0.3 is 0 Å². The molecule has 0 radical (unpaired) electrons. The van der Waals surface area contributed by atoms with Crippen LogP contribution in [0.4, 0.5) is 0 Å². The number of carbonyl (C=O) groups excluding carboxylic acids is 6. The molecule has 0 bridgehead atoms. The van der Waals surface area contributed by atoms with E-state index in [0.717, 1.165) is 152 Å². The second-order valence-electron chi connectivity index (χ2n) is 26.5. The zero-order valence-electron chi connectivity index (χ0n) is 61.8. The molecule has 0 fully saturated rings. The first-order valence-corrected chi connectivity index (χ1v) is 38.9. The van der Waals surface area contributed by atoms with Crippen LogP contribution in [-0.4, -0.2) is 149 Å². The topological polar surface area (TPSA) is 176 Å². The number of hydrogen-bond donors (Lipinski definition) is 3. The largest absolute Gasteiger partial charge is 0.362 e. The van der Waals surface area contributed by atoms with E-state index in [2.05, 4.69) is 78.3 Å². The molecule has 6 amide bonds. The minimum atomic E-state index is -0.271. The molecule has 540 valence electrons. The summed E-state index contributed by atoms with van der Waals surface area (Å²) in [5, 5.41) is 9.29. The van der Waals surface area contributed by atoms with Gasteiger partial charge in [-0.15, -0.1) is 0 Å². The van der Waals surface area contributed by atoms with E-state index in [-0.39, 0.29) is 75.1 Å². The molecule has 0 saturated carbocycles. The van der Waals surface area contributed by atoms with Crippen molar-refractivity contribution in [3.63, 3.8) is 0 Å². The predicted molar refractivity (Wildman–Crippen MR) is 387 cm³/mol. The third-order valence-electron chi connectivity index (χ3n) is 18.5. The van der Waals surface area contributed by atoms with Crippen molar-refractivity contribution in [3.8, 4) is 0 Å². The van der Waals surface area contributed by atoms with Gasteiger partial charge in [0.05, 0.1) is 0 Å². The maximum Gasteiger partial charge on any atom is 0.248 e. The molecular formula is C78H144N6O9. The van der Waals surface area contributed by atoms with Crippen molar-refractivity contribution in [2.75, 3.05) is 98.5 Å². The Morgan fingerprint density at radius 1 is 0.247 bits per heavy atom. The van der Waals surface area contributed by atoms with Gasteiger partial charge in [-0.3, -0.25) is 28.8 Å². The summed E-state index contributed by atoms with van der Waals surface area (Å²) >= 11 is 0. The molecule has 0 unspecified atom stereocenters. The van der Waals surface area contributed by atoms with Crippen LogP contribution in [0.15, 0.2) is 0 Å². The summed E-state index contributed by atoms with van der Waals surface area (Å²) < 4.78 is 17.5. The molecule has 0 atom stereocenters. The molecule has 0 aliphatic carbocycles. The van der Waals surface area contributed by atoms with Gasteiger partial charge in [0.2, 0.25) is 35.4 Å². The van der Waals surface area contributed by atoms with Crippen LogP contribution < -0.4 is 16.0 Å². The van der Waals surface area contributed by atoms with Crippen LogP contribution in [0.1, 0.15) is 327 Å². The highest BCUT2D eigenvalue weighted by molar-refractivity contribution is 5.81. The molecule has 1 rings (SSSR count). The lowest BCUT2D eigenvalue weighted by Gasteiger charge is -2.27. The zero-order valence-corrected chi connectivity index (χ0v) is 61.8. The fraction of sp³-hybridized carbons (Fsp3) is 0.846. The Labute approximate surface area is 570 Å². The van der Waals surface area contributed by atoms with Crippen LogP contribution in [0.5, 0.6) is 0 Å². The Hall–Kier alpha value is -4.08. The first kappa shape index (κ1) is 86.9. The molecule has 0 aliphatic rings. The van der Waals surface area contributed by atoms with E-state index in [1.165, 1.54) is 171 Å². The molecule has 1 aromatic carbocycles. The lowest BCUT2D eigenvalue weighted by atomic mass is 9.80. The minimum Gasteiger partial charge on any atom is -0.362 e. The van der Waals surface area contributed by atoms with E-state index < -0.39 is 0 Å². The molecule has 15 nitrogen and oxygen atoms in total. The standard InChI is InChI=1S/C78H144N6O9/c1-10-19-25-31-37-43-55-82(56-44-38-32-26-20-11-2)76(88)64-91-61-73(85)79-52-49-70-67(16-7)71(50-53-80-74(86)62-92-65-77(89)83(57-45-39-33-27-21-12-3)58-46-40-34-28-22-13-4)69(18-9)72(68(70)17-8)51-54-81-75(87)63-93-66-78(90)84(59-47-41-35-29-23-14-5)60-48-42-36-30-24-15-6/h10-66H2,1-9H3,(H,79,85)(H,80,86)(H,81,87). The lowest BCUT2D eigenvalue weighted by molar-refractivity contribution is -0.139. The van der Waals surface area contributed by atoms with Crippen LogP contribution in [0.3, 0.4) is 0 Å². The minimum absolute atomic E-state index is 0.0576. The average Bonchev–Trinajstić information content (AvgIpc) is 0.818. The van der Waals surface area contributed by atoms with Gasteiger partial charge in [-0.2, -0.15) is 0 Å². The van der Waals surface area contributed by atoms with Crippen LogP contribution >= 0.6 is 0 Å². The average molecular weight is 1310 g/mol. The molecule has 0 spiro atoms. The number of ether oxygens (including phenoxy) is 3. The van der Waals surface area contributed by atoms with Crippen molar-refractivity contribution in [3.05, 3.63) is 33.4 Å². The monoisotopic (exact) mass is 1310 g/mol. The Balaban J connectivity index is 3.30. The third kappa shape index (κ3) is 43.7. The number of nitrogens with one attached hydrogen (secondary N) is 3. The second-order valence-corrected chi connectivity index (χ2v) is 26.5. The third-order valence-corrected chi connectivity index (χ3v) is 18.5. The molecule has 15 heteroatoms. The predicted octanol–water partition coefficient (Wildman–Crippen LogP) is 16.0. The van der Waals surface area contributed by atoms with Gasteiger partial charge in [-0.05, 0) is 110 Å². The van der Waals surface area contributed by atoms with Crippen molar-refractivity contribution < 1.29 is 43.0 Å². The first-order chi connectivity index (χ1) is 45.4. The van der Waals surface area contributed by atoms with Gasteiger partial charge in [0, 0.05) is 58.9 Å². The Kier molecular flexibility index (Phi) is 57.5. The fourth-order valence-electron chi connectivity index (χ4n) is 13.0. The highest BCUT2D eigenvalue weighted by atomic mass is 16.5. The second kappa shape index (κ2) is 61.5. The van der Waals surface area contributed by atoms with Crippen molar-refractivity contribution in [2.24, 2.45) is 0 Å². The summed E-state index contributed by atoms with van der Waals surface area (Å²) in [7, 11) is 0. The summed E-state index contributed by atoms with van der Waals surface area (Å²) in [5.41, 5.74) is 7.11. The molecule has 0 saturated heterocycles. The summed E-state index contributed by atoms with van der Waals surface area (Å²) in [6.07, 6.45) is 45.6. The van der Waals surface area contributed by atoms with Crippen molar-refractivity contribution in [1.29, 1.82) is 0 Å². The first-order valence-electron chi connectivity index (χ1n) is 38.9. The number of amides is 6. The van der Waals surface area contributed by atoms with Crippen LogP contribution in [0.25, 0.3) is 0 Å². The smallest absolute Gasteiger partial charge is 0.248 e. The lowest BCUT2D eigenvalue weighted by Crippen LogP contribution is -2.37. The van der Waals surface area contributed by atoms with E-state index in [0.29, 0.717) is 38.9 Å². The van der Waals surface area contributed by atoms with E-state index in [1.54, 1.807) is 0 Å². The number of rotatable bonds is 66. The van der Waals surface area contributed by atoms with Crippen LogP contribution in [-0.2, 0) is 81.5 Å². The Bertz CT molecular complexity index is 1760. The molecule has 0 heterocycles. The quantitative estimate of drug-likeness (QED) is 0.0536. The van der Waals surface area contributed by atoms with E-state index >= 15 is 0 Å². The Morgan fingerprint density at radius 2 is 0.430 bits per heavy atom. The SMILES string of the molecule is CCCCCCCCN(CCCCCCCC)C(=O)COCC(=O)NCCc1c(CC)c(CCNC(=O)COCC(=O)N(CCCCCCCC)CCCCCCCC)c(CC)c(CCNC(=O)COCC(=O)N(CCCCCCCC)CCCCCCCC)c1CC. The van der Waals surface area contributed by atoms with Gasteiger partial charge in [-0.25, -0.2) is 0 Å². The van der Waals surface area contributed by atoms with Gasteiger partial charge in [0.25, 0.3) is 0 Å². The van der Waals surface area contributed by atoms with Crippen LogP contribution in [0, 0.1) is 0 Å². The fourth-order valence-corrected chi connectivity index (χ4v) is 13.0. The van der Waals surface area contributed by atoms with Gasteiger partial charge in [0.15, 0.2) is 0 Å². The normalized spacial score (nSPS) is 11.3. The maximum atomic E-state index is 13.5. The molecule has 0 aliphatic heterocycles. The van der Waals surface area contributed by atoms with Gasteiger partial charge in [-0.1, -0.05) is 255 Å². The number of hydrogen-bond acceptors (Lipinski definition) is 9. The molecule has 1 aromatic rings. The summed E-state index contributed by atoms with van der Waals surface area (Å²) in [5.74, 6) is -0.984. The highest BCUT2D eigenvalue weighted by Crippen LogP contribution is 2.32. The van der Waals surface area contributed by atoms with E-state index in [9.17, 15) is 28.8 Å². The highest BCUT2D eigenvalue weighted by Gasteiger charge is 2.23. The van der Waals surface area contributed by atoms with Gasteiger partial charge in [0.1, 0.15) is 39.6 Å². The maximum absolute atomic E-state index is 13.5. The van der Waals surface area contributed by atoms with Crippen molar-refractivity contribution in [1.82, 2.24) is 30.7 Å². The number of unbranched alkanes of at least 4 members (excludes halogenated alkanes) is 30. The molecular weight excluding hydrogens is 1160 g/mol. The van der Waals surface area contributed by atoms with Gasteiger partial charge < -0.3 is 44.9 Å². The summed E-state index contributed by atoms with van der Waals surface area (Å²) in [6.45, 7) is 24.2. The number of nitrogens with zero attached hydrogens (tertiary/aromatic N) is 3. The number of carbonyl (C=O) groups is 6. The zero-order chi connectivity index (χ0) is 68.2. The number of benzene rings is 1. The molecule has 0 aromatic heterocycles. The summed E-state index contributed by atoms with van der Waals surface area (Å²) in [4.78, 5) is 86.8. The van der Waals surface area contributed by atoms with E-state index in [1.807, 2.05) is 14.7 Å².